The maximum Gasteiger partial charge on any atom is 0.214 e. The van der Waals surface area contributed by atoms with Crippen LogP contribution < -0.4 is 0 Å². The molecule has 0 aliphatic carbocycles. The number of hydrogen-bond acceptors (Lipinski definition) is 5. The van der Waals surface area contributed by atoms with Crippen LogP contribution >= 0.6 is 0 Å². The minimum atomic E-state index is -1.02. The minimum absolute atomic E-state index is 0.115. The molecule has 0 spiro atoms. The van der Waals surface area contributed by atoms with Crippen molar-refractivity contribution in [3.05, 3.63) is 0 Å². The molecule has 1 atom stereocenters. The van der Waals surface area contributed by atoms with Crippen LogP contribution in [0.3, 0.4) is 0 Å². The molecule has 0 radical (unpaired) electrons. The van der Waals surface area contributed by atoms with Gasteiger partial charge in [-0.05, 0) is 6.92 Å². The molecule has 0 aromatic carbocycles. The first kappa shape index (κ1) is 7.02. The van der Waals surface area contributed by atoms with E-state index in [2.05, 4.69) is 20.0 Å². The zero-order chi connectivity index (χ0) is 8.60. The van der Waals surface area contributed by atoms with Crippen molar-refractivity contribution in [2.75, 3.05) is 0 Å². The maximum atomic E-state index is 11.2. The molecule has 0 aromatic rings. The van der Waals surface area contributed by atoms with Crippen LogP contribution in [0.2, 0.25) is 0 Å². The number of amidine groups is 1. The molecule has 2 aliphatic heterocycles. The van der Waals surface area contributed by atoms with Crippen molar-refractivity contribution < 1.29 is 4.79 Å². The van der Waals surface area contributed by atoms with Crippen LogP contribution in [-0.2, 0) is 4.79 Å². The lowest BCUT2D eigenvalue weighted by Crippen LogP contribution is -2.44. The summed E-state index contributed by atoms with van der Waals surface area (Å²) in [5.41, 5.74) is -1.02. The topological polar surface area (TPSA) is 66.5 Å². The number of Topliss-reactive ketones (excluding diaryl/α,β-unsaturated/α-hetero) is 1. The van der Waals surface area contributed by atoms with Crippen LogP contribution in [-0.4, -0.2) is 36.0 Å². The predicted octanol–water partition coefficient (Wildman–Crippen LogP) is -0.133. The summed E-state index contributed by atoms with van der Waals surface area (Å²) >= 11 is 0. The zero-order valence-electron chi connectivity index (χ0n) is 6.43. The molecule has 0 aromatic heterocycles. The number of rotatable bonds is 1. The maximum absolute atomic E-state index is 11.2. The number of hydrogen-bond donors (Lipinski definition) is 0. The summed E-state index contributed by atoms with van der Waals surface area (Å²) < 4.78 is 0. The highest BCUT2D eigenvalue weighted by atomic mass is 16.1. The molecule has 12 heavy (non-hydrogen) atoms. The van der Waals surface area contributed by atoms with Crippen molar-refractivity contribution in [2.45, 2.75) is 12.5 Å². The summed E-state index contributed by atoms with van der Waals surface area (Å²) in [6, 6.07) is 0. The summed E-state index contributed by atoms with van der Waals surface area (Å²) in [5.74, 6) is 0.292. The number of carbonyl (C=O) groups excluding carboxylic acids is 1. The Balaban J connectivity index is 2.54. The average molecular weight is 162 g/mol. The fourth-order valence-corrected chi connectivity index (χ4v) is 1.12. The first-order valence-corrected chi connectivity index (χ1v) is 3.45. The second-order valence-electron chi connectivity index (χ2n) is 2.54. The summed E-state index contributed by atoms with van der Waals surface area (Å²) in [4.78, 5) is 26.7. The molecule has 0 N–H and O–H groups in total. The average Bonchev–Trinajstić information content (AvgIpc) is 2.48. The highest BCUT2D eigenvalue weighted by Gasteiger charge is 2.42. The molecule has 5 heteroatoms. The van der Waals surface area contributed by atoms with E-state index >= 15 is 0 Å². The van der Waals surface area contributed by atoms with E-state index < -0.39 is 5.54 Å². The van der Waals surface area contributed by atoms with Gasteiger partial charge < -0.3 is 0 Å². The van der Waals surface area contributed by atoms with E-state index in [4.69, 9.17) is 0 Å². The Morgan fingerprint density at radius 2 is 2.33 bits per heavy atom. The number of aliphatic imine (C=N–C) groups is 4. The van der Waals surface area contributed by atoms with Crippen LogP contribution in [0.15, 0.2) is 20.0 Å². The first-order valence-electron chi connectivity index (χ1n) is 3.45. The van der Waals surface area contributed by atoms with E-state index in [1.54, 1.807) is 0 Å². The van der Waals surface area contributed by atoms with E-state index in [0.29, 0.717) is 5.84 Å². The van der Waals surface area contributed by atoms with Gasteiger partial charge in [0.15, 0.2) is 11.6 Å². The number of fused-ring (bicyclic) bond motifs is 1. The van der Waals surface area contributed by atoms with Crippen LogP contribution in [0, 0.1) is 0 Å². The van der Waals surface area contributed by atoms with Crippen LogP contribution in [0.1, 0.15) is 6.92 Å². The van der Waals surface area contributed by atoms with Crippen molar-refractivity contribution >= 4 is 30.5 Å². The van der Waals surface area contributed by atoms with Gasteiger partial charge in [0.05, 0.1) is 0 Å². The van der Waals surface area contributed by atoms with Gasteiger partial charge in [0.2, 0.25) is 5.54 Å². The lowest BCUT2D eigenvalue weighted by atomic mass is 9.96. The predicted molar refractivity (Wildman–Crippen MR) is 46.3 cm³/mol. The molecule has 2 heterocycles. The first-order chi connectivity index (χ1) is 5.76. The number of carbonyl (C=O) groups is 1. The Morgan fingerprint density at radius 3 is 3.00 bits per heavy atom. The SMILES string of the molecule is CC(=O)C12C=NC=NC1=NC=N2. The quantitative estimate of drug-likeness (QED) is 0.529. The van der Waals surface area contributed by atoms with Gasteiger partial charge in [0.1, 0.15) is 12.7 Å². The van der Waals surface area contributed by atoms with Crippen molar-refractivity contribution in [1.82, 2.24) is 0 Å². The summed E-state index contributed by atoms with van der Waals surface area (Å²) in [6.45, 7) is 1.45. The van der Waals surface area contributed by atoms with Crippen molar-refractivity contribution in [3.63, 3.8) is 0 Å². The molecule has 0 amide bonds. The molecular weight excluding hydrogens is 156 g/mol. The van der Waals surface area contributed by atoms with Crippen molar-refractivity contribution in [1.29, 1.82) is 0 Å². The third kappa shape index (κ3) is 0.702. The Kier molecular flexibility index (Phi) is 1.27. The fraction of sp³-hybridized carbons (Fsp3) is 0.286. The zero-order valence-corrected chi connectivity index (χ0v) is 6.43. The Morgan fingerprint density at radius 1 is 1.50 bits per heavy atom. The molecule has 2 rings (SSSR count). The molecule has 0 saturated heterocycles. The third-order valence-corrected chi connectivity index (χ3v) is 1.83. The molecule has 0 fully saturated rings. The van der Waals surface area contributed by atoms with E-state index in [1.165, 1.54) is 25.8 Å². The Labute approximate surface area is 68.7 Å². The smallest absolute Gasteiger partial charge is 0.214 e. The lowest BCUT2D eigenvalue weighted by molar-refractivity contribution is -0.117. The van der Waals surface area contributed by atoms with Gasteiger partial charge in [-0.15, -0.1) is 0 Å². The second-order valence-corrected chi connectivity index (χ2v) is 2.54. The van der Waals surface area contributed by atoms with Crippen LogP contribution in [0.5, 0.6) is 0 Å². The molecule has 0 bridgehead atoms. The minimum Gasteiger partial charge on any atom is -0.296 e. The summed E-state index contributed by atoms with van der Waals surface area (Å²) in [6.07, 6.45) is 4.16. The largest absolute Gasteiger partial charge is 0.296 e. The normalized spacial score (nSPS) is 30.2. The van der Waals surface area contributed by atoms with E-state index in [-0.39, 0.29) is 5.78 Å². The molecular formula is C7H6N4O. The number of nitrogens with zero attached hydrogens (tertiary/aromatic N) is 4. The van der Waals surface area contributed by atoms with Gasteiger partial charge in [0.25, 0.3) is 0 Å². The van der Waals surface area contributed by atoms with Crippen molar-refractivity contribution in [3.8, 4) is 0 Å². The molecule has 1 unspecified atom stereocenters. The van der Waals surface area contributed by atoms with Gasteiger partial charge in [0, 0.05) is 6.21 Å². The van der Waals surface area contributed by atoms with Gasteiger partial charge in [-0.1, -0.05) is 0 Å². The van der Waals surface area contributed by atoms with E-state index in [9.17, 15) is 4.79 Å². The standard InChI is InChI=1S/C7H6N4O/c1-5(12)7-2-8-3-9-6(7)10-4-11-7/h2-4H,1H3. The van der Waals surface area contributed by atoms with Gasteiger partial charge in [-0.3, -0.25) is 4.79 Å². The monoisotopic (exact) mass is 162 g/mol. The van der Waals surface area contributed by atoms with E-state index in [1.807, 2.05) is 0 Å². The summed E-state index contributed by atoms with van der Waals surface area (Å²) in [5, 5.41) is 0. The highest BCUT2D eigenvalue weighted by Crippen LogP contribution is 2.19. The Bertz CT molecular complexity index is 352. The van der Waals surface area contributed by atoms with Crippen LogP contribution in [0.25, 0.3) is 0 Å². The highest BCUT2D eigenvalue weighted by molar-refractivity contribution is 6.31. The molecule has 60 valence electrons. The molecule has 0 saturated carbocycles. The summed E-state index contributed by atoms with van der Waals surface area (Å²) in [7, 11) is 0. The molecule has 5 nitrogen and oxygen atoms in total. The molecule has 2 aliphatic rings. The van der Waals surface area contributed by atoms with Gasteiger partial charge in [-0.2, -0.15) is 0 Å². The number of ketones is 1. The second kappa shape index (κ2) is 2.17. The lowest BCUT2D eigenvalue weighted by Gasteiger charge is -2.18. The van der Waals surface area contributed by atoms with Gasteiger partial charge >= 0.3 is 0 Å². The Hall–Kier alpha value is -1.65. The third-order valence-electron chi connectivity index (χ3n) is 1.83. The van der Waals surface area contributed by atoms with Crippen molar-refractivity contribution in [2.24, 2.45) is 20.0 Å². The van der Waals surface area contributed by atoms with Gasteiger partial charge in [-0.25, -0.2) is 20.0 Å². The van der Waals surface area contributed by atoms with Crippen LogP contribution in [0.4, 0.5) is 0 Å². The fourth-order valence-electron chi connectivity index (χ4n) is 1.12. The van der Waals surface area contributed by atoms with E-state index in [0.717, 1.165) is 0 Å².